The predicted molar refractivity (Wildman–Crippen MR) is 53.9 cm³/mol. The number of ether oxygens (including phenoxy) is 2. The Bertz CT molecular complexity index is 302. The highest BCUT2D eigenvalue weighted by Crippen LogP contribution is 2.23. The van der Waals surface area contributed by atoms with Gasteiger partial charge in [0.15, 0.2) is 11.5 Å². The van der Waals surface area contributed by atoms with Gasteiger partial charge >= 0.3 is 5.97 Å². The Morgan fingerprint density at radius 2 is 2.07 bits per heavy atom. The van der Waals surface area contributed by atoms with Gasteiger partial charge in [-0.15, -0.1) is 0 Å². The molecule has 0 aromatic rings. The number of rotatable bonds is 4. The molecule has 0 atom stereocenters. The number of Topliss-reactive ketones (excluding diaryl/α,β-unsaturated/α-hetero) is 1. The molecule has 15 heavy (non-hydrogen) atoms. The van der Waals surface area contributed by atoms with E-state index in [0.717, 1.165) is 18.9 Å². The van der Waals surface area contributed by atoms with E-state index in [9.17, 15) is 9.59 Å². The molecule has 1 aliphatic rings. The first kappa shape index (κ1) is 11.8. The molecule has 84 valence electrons. The van der Waals surface area contributed by atoms with Gasteiger partial charge in [0, 0.05) is 20.3 Å². The summed E-state index contributed by atoms with van der Waals surface area (Å²) in [7, 11) is 0. The third-order valence-corrected chi connectivity index (χ3v) is 1.98. The fraction of sp³-hybridized carbons (Fsp3) is 0.636. The van der Waals surface area contributed by atoms with E-state index >= 15 is 0 Å². The Kier molecular flexibility index (Phi) is 3.50. The molecule has 0 spiro atoms. The van der Waals surface area contributed by atoms with E-state index in [-0.39, 0.29) is 11.5 Å². The van der Waals surface area contributed by atoms with Gasteiger partial charge in [-0.1, -0.05) is 13.3 Å². The first-order valence-electron chi connectivity index (χ1n) is 5.11. The second-order valence-corrected chi connectivity index (χ2v) is 3.96. The molecule has 1 aliphatic heterocycles. The molecule has 4 nitrogen and oxygen atoms in total. The van der Waals surface area contributed by atoms with Crippen molar-refractivity contribution in [3.63, 3.8) is 0 Å². The van der Waals surface area contributed by atoms with E-state index in [1.807, 2.05) is 6.92 Å². The molecule has 0 aromatic heterocycles. The number of allylic oxidation sites excluding steroid dienone is 1. The highest BCUT2D eigenvalue weighted by Gasteiger charge is 2.32. The van der Waals surface area contributed by atoms with Crippen LogP contribution < -0.4 is 0 Å². The molecule has 4 heteroatoms. The van der Waals surface area contributed by atoms with Crippen LogP contribution in [0.5, 0.6) is 0 Å². The minimum absolute atomic E-state index is 0.115. The second kappa shape index (κ2) is 4.47. The maximum absolute atomic E-state index is 11.6. The maximum Gasteiger partial charge on any atom is 0.337 e. The van der Waals surface area contributed by atoms with Crippen molar-refractivity contribution in [1.29, 1.82) is 0 Å². The smallest absolute Gasteiger partial charge is 0.337 e. The maximum atomic E-state index is 11.6. The number of ketones is 1. The lowest BCUT2D eigenvalue weighted by Crippen LogP contribution is -2.36. The molecule has 0 bridgehead atoms. The molecular formula is C11H16O4. The summed E-state index contributed by atoms with van der Waals surface area (Å²) >= 11 is 0. The summed E-state index contributed by atoms with van der Waals surface area (Å²) in [5.74, 6) is -1.58. The largest absolute Gasteiger partial charge is 0.449 e. The molecule has 0 saturated heterocycles. The van der Waals surface area contributed by atoms with Gasteiger partial charge in [0.25, 0.3) is 0 Å². The van der Waals surface area contributed by atoms with E-state index in [0.29, 0.717) is 6.42 Å². The Morgan fingerprint density at radius 1 is 1.40 bits per heavy atom. The summed E-state index contributed by atoms with van der Waals surface area (Å²) in [5.41, 5.74) is 0. The molecule has 1 rings (SSSR count). The lowest BCUT2D eigenvalue weighted by atomic mass is 10.1. The van der Waals surface area contributed by atoms with E-state index in [4.69, 9.17) is 9.47 Å². The summed E-state index contributed by atoms with van der Waals surface area (Å²) in [6.45, 7) is 5.21. The lowest BCUT2D eigenvalue weighted by Gasteiger charge is -2.29. The molecular weight excluding hydrogens is 196 g/mol. The molecule has 1 heterocycles. The number of carbonyl (C=O) groups is 2. The van der Waals surface area contributed by atoms with Crippen molar-refractivity contribution in [2.45, 2.75) is 45.8 Å². The SMILES string of the molecule is CCCCC(=O)C1=CC(=O)OC(C)(C)O1. The normalized spacial score (nSPS) is 18.9. The standard InChI is InChI=1S/C11H16O4/c1-4-5-6-8(12)9-7-10(13)15-11(2,3)14-9/h7H,4-6H2,1-3H3. The molecule has 0 radical (unpaired) electrons. The third kappa shape index (κ3) is 3.38. The molecule has 0 aromatic carbocycles. The van der Waals surface area contributed by atoms with Crippen molar-refractivity contribution < 1.29 is 19.1 Å². The van der Waals surface area contributed by atoms with Crippen LogP contribution in [0.4, 0.5) is 0 Å². The monoisotopic (exact) mass is 212 g/mol. The number of esters is 1. The van der Waals surface area contributed by atoms with Crippen LogP contribution in [0.15, 0.2) is 11.8 Å². The zero-order valence-corrected chi connectivity index (χ0v) is 9.33. The summed E-state index contributed by atoms with van der Waals surface area (Å²) in [6.07, 6.45) is 3.26. The van der Waals surface area contributed by atoms with Crippen LogP contribution in [-0.2, 0) is 19.1 Å². The highest BCUT2D eigenvalue weighted by atomic mass is 16.7. The second-order valence-electron chi connectivity index (χ2n) is 3.96. The van der Waals surface area contributed by atoms with Crippen LogP contribution >= 0.6 is 0 Å². The van der Waals surface area contributed by atoms with Crippen LogP contribution in [0.1, 0.15) is 40.0 Å². The van der Waals surface area contributed by atoms with Gasteiger partial charge in [0.05, 0.1) is 6.08 Å². The summed E-state index contributed by atoms with van der Waals surface area (Å²) in [5, 5.41) is 0. The number of carbonyl (C=O) groups excluding carboxylic acids is 2. The third-order valence-electron chi connectivity index (χ3n) is 1.98. The lowest BCUT2D eigenvalue weighted by molar-refractivity contribution is -0.206. The summed E-state index contributed by atoms with van der Waals surface area (Å²) in [4.78, 5) is 22.7. The number of hydrogen-bond donors (Lipinski definition) is 0. The van der Waals surface area contributed by atoms with Crippen molar-refractivity contribution in [1.82, 2.24) is 0 Å². The van der Waals surface area contributed by atoms with Gasteiger partial charge in [-0.2, -0.15) is 0 Å². The Morgan fingerprint density at radius 3 is 2.60 bits per heavy atom. The van der Waals surface area contributed by atoms with Crippen molar-refractivity contribution >= 4 is 11.8 Å². The number of unbranched alkanes of at least 4 members (excludes halogenated alkanes) is 1. The fourth-order valence-corrected chi connectivity index (χ4v) is 1.29. The first-order chi connectivity index (χ1) is 6.94. The quantitative estimate of drug-likeness (QED) is 0.668. The average Bonchev–Trinajstić information content (AvgIpc) is 2.10. The van der Waals surface area contributed by atoms with E-state index < -0.39 is 11.8 Å². The zero-order chi connectivity index (χ0) is 11.5. The molecule has 0 amide bonds. The Labute approximate surface area is 89.2 Å². The molecule has 0 aliphatic carbocycles. The van der Waals surface area contributed by atoms with Crippen LogP contribution in [0, 0.1) is 0 Å². The number of hydrogen-bond acceptors (Lipinski definition) is 4. The summed E-state index contributed by atoms with van der Waals surface area (Å²) in [6, 6.07) is 0. The van der Waals surface area contributed by atoms with Crippen molar-refractivity contribution in [3.8, 4) is 0 Å². The van der Waals surface area contributed by atoms with Crippen LogP contribution in [-0.4, -0.2) is 17.5 Å². The van der Waals surface area contributed by atoms with Gasteiger partial charge in [0.2, 0.25) is 5.79 Å². The minimum atomic E-state index is -1.04. The van der Waals surface area contributed by atoms with Gasteiger partial charge in [-0.25, -0.2) is 4.79 Å². The Balaban J connectivity index is 2.69. The number of cyclic esters (lactones) is 1. The fourth-order valence-electron chi connectivity index (χ4n) is 1.29. The van der Waals surface area contributed by atoms with Gasteiger partial charge < -0.3 is 9.47 Å². The topological polar surface area (TPSA) is 52.6 Å². The van der Waals surface area contributed by atoms with E-state index in [2.05, 4.69) is 0 Å². The predicted octanol–water partition coefficient (Wildman–Crippen LogP) is 1.94. The van der Waals surface area contributed by atoms with Gasteiger partial charge in [-0.3, -0.25) is 4.79 Å². The zero-order valence-electron chi connectivity index (χ0n) is 9.33. The van der Waals surface area contributed by atoms with Gasteiger partial charge in [-0.05, 0) is 6.42 Å². The van der Waals surface area contributed by atoms with Crippen LogP contribution in [0.2, 0.25) is 0 Å². The molecule has 0 N–H and O–H groups in total. The van der Waals surface area contributed by atoms with E-state index in [1.54, 1.807) is 13.8 Å². The highest BCUT2D eigenvalue weighted by molar-refractivity contribution is 5.99. The minimum Gasteiger partial charge on any atom is -0.449 e. The van der Waals surface area contributed by atoms with Crippen molar-refractivity contribution in [3.05, 3.63) is 11.8 Å². The molecule has 0 fully saturated rings. The first-order valence-corrected chi connectivity index (χ1v) is 5.11. The average molecular weight is 212 g/mol. The van der Waals surface area contributed by atoms with Crippen LogP contribution in [0.3, 0.4) is 0 Å². The molecule has 0 saturated carbocycles. The molecule has 0 unspecified atom stereocenters. The van der Waals surface area contributed by atoms with Crippen molar-refractivity contribution in [2.24, 2.45) is 0 Å². The Hall–Kier alpha value is -1.32. The van der Waals surface area contributed by atoms with E-state index in [1.165, 1.54) is 0 Å². The van der Waals surface area contributed by atoms with Gasteiger partial charge in [0.1, 0.15) is 0 Å². The summed E-state index contributed by atoms with van der Waals surface area (Å²) < 4.78 is 10.1. The van der Waals surface area contributed by atoms with Crippen molar-refractivity contribution in [2.75, 3.05) is 0 Å². The van der Waals surface area contributed by atoms with Crippen LogP contribution in [0.25, 0.3) is 0 Å².